The summed E-state index contributed by atoms with van der Waals surface area (Å²) in [5, 5.41) is 4.98. The molecule has 0 aromatic heterocycles. The number of carbonyl (C=O) groups excluding carboxylic acids is 1. The van der Waals surface area contributed by atoms with E-state index < -0.39 is 10.0 Å². The summed E-state index contributed by atoms with van der Waals surface area (Å²) >= 11 is 0. The van der Waals surface area contributed by atoms with Crippen molar-refractivity contribution in [2.24, 2.45) is 0 Å². The predicted molar refractivity (Wildman–Crippen MR) is 114 cm³/mol. The van der Waals surface area contributed by atoms with Crippen LogP contribution in [0.15, 0.2) is 71.6 Å². The maximum atomic E-state index is 12.9. The molecule has 1 aliphatic rings. The molecule has 1 fully saturated rings. The van der Waals surface area contributed by atoms with Crippen LogP contribution in [0.4, 0.5) is 0 Å². The summed E-state index contributed by atoms with van der Waals surface area (Å²) in [5.74, 6) is -0.181. The van der Waals surface area contributed by atoms with Gasteiger partial charge in [-0.1, -0.05) is 48.9 Å². The van der Waals surface area contributed by atoms with Crippen molar-refractivity contribution in [3.63, 3.8) is 0 Å². The molecule has 1 amide bonds. The van der Waals surface area contributed by atoms with Gasteiger partial charge in [0.05, 0.1) is 4.90 Å². The van der Waals surface area contributed by atoms with E-state index in [1.165, 1.54) is 0 Å². The number of sulfonamides is 1. The molecule has 0 aliphatic carbocycles. The number of rotatable bonds is 5. The van der Waals surface area contributed by atoms with Crippen molar-refractivity contribution in [2.45, 2.75) is 30.7 Å². The second-order valence-corrected chi connectivity index (χ2v) is 9.29. The fourth-order valence-corrected chi connectivity index (χ4v) is 5.27. The molecule has 0 unspecified atom stereocenters. The highest BCUT2D eigenvalue weighted by Crippen LogP contribution is 2.21. The Kier molecular flexibility index (Phi) is 5.65. The Labute approximate surface area is 171 Å². The quantitative estimate of drug-likeness (QED) is 0.695. The lowest BCUT2D eigenvalue weighted by molar-refractivity contribution is 0.0951. The van der Waals surface area contributed by atoms with E-state index in [1.807, 2.05) is 42.5 Å². The van der Waals surface area contributed by atoms with Gasteiger partial charge in [0.25, 0.3) is 5.91 Å². The molecule has 3 aromatic carbocycles. The molecule has 1 N–H and O–H groups in total. The van der Waals surface area contributed by atoms with Gasteiger partial charge in [-0.05, 0) is 53.4 Å². The van der Waals surface area contributed by atoms with E-state index in [-0.39, 0.29) is 17.3 Å². The first-order valence-electron chi connectivity index (χ1n) is 9.90. The summed E-state index contributed by atoms with van der Waals surface area (Å²) in [6.45, 7) is 1.42. The summed E-state index contributed by atoms with van der Waals surface area (Å²) in [6.07, 6.45) is 2.88. The largest absolute Gasteiger partial charge is 0.348 e. The molecule has 5 nitrogen and oxygen atoms in total. The first-order chi connectivity index (χ1) is 14.0. The van der Waals surface area contributed by atoms with Crippen molar-refractivity contribution in [3.8, 4) is 0 Å². The number of fused-ring (bicyclic) bond motifs is 1. The van der Waals surface area contributed by atoms with Gasteiger partial charge >= 0.3 is 0 Å². The van der Waals surface area contributed by atoms with Crippen molar-refractivity contribution in [2.75, 3.05) is 13.1 Å². The molecule has 150 valence electrons. The Hall–Kier alpha value is -2.70. The number of amides is 1. The van der Waals surface area contributed by atoms with Crippen molar-refractivity contribution < 1.29 is 13.2 Å². The summed E-state index contributed by atoms with van der Waals surface area (Å²) in [7, 11) is -3.48. The molecule has 6 heteroatoms. The minimum atomic E-state index is -3.48. The number of nitrogens with one attached hydrogen (secondary N) is 1. The zero-order chi connectivity index (χ0) is 20.3. The van der Waals surface area contributed by atoms with Crippen LogP contribution >= 0.6 is 0 Å². The van der Waals surface area contributed by atoms with Crippen LogP contribution in [-0.4, -0.2) is 31.7 Å². The van der Waals surface area contributed by atoms with Crippen LogP contribution in [0.25, 0.3) is 10.8 Å². The molecular weight excluding hydrogens is 384 g/mol. The van der Waals surface area contributed by atoms with Crippen LogP contribution < -0.4 is 5.32 Å². The summed E-state index contributed by atoms with van der Waals surface area (Å²) < 4.78 is 27.3. The lowest BCUT2D eigenvalue weighted by atomic mass is 10.1. The molecule has 0 spiro atoms. The third kappa shape index (κ3) is 4.33. The lowest BCUT2D eigenvalue weighted by Gasteiger charge is -2.26. The SMILES string of the molecule is O=C(NCc1cccc(S(=O)(=O)N2CCCCC2)c1)c1ccc2ccccc2c1. The zero-order valence-corrected chi connectivity index (χ0v) is 17.0. The molecule has 1 heterocycles. The van der Waals surface area contributed by atoms with Gasteiger partial charge in [-0.15, -0.1) is 0 Å². The molecule has 0 bridgehead atoms. The average molecular weight is 409 g/mol. The molecule has 0 radical (unpaired) electrons. The van der Waals surface area contributed by atoms with Crippen molar-refractivity contribution in [1.82, 2.24) is 9.62 Å². The Morgan fingerprint density at radius 2 is 1.62 bits per heavy atom. The molecule has 29 heavy (non-hydrogen) atoms. The van der Waals surface area contributed by atoms with Gasteiger partial charge in [-0.3, -0.25) is 4.79 Å². The van der Waals surface area contributed by atoms with Crippen LogP contribution in [0.2, 0.25) is 0 Å². The lowest BCUT2D eigenvalue weighted by Crippen LogP contribution is -2.35. The number of piperidine rings is 1. The van der Waals surface area contributed by atoms with Crippen LogP contribution in [0, 0.1) is 0 Å². The third-order valence-corrected chi connectivity index (χ3v) is 7.21. The first kappa shape index (κ1) is 19.6. The zero-order valence-electron chi connectivity index (χ0n) is 16.2. The van der Waals surface area contributed by atoms with E-state index in [4.69, 9.17) is 0 Å². The summed E-state index contributed by atoms with van der Waals surface area (Å²) in [4.78, 5) is 12.8. The molecule has 0 atom stereocenters. The monoisotopic (exact) mass is 408 g/mol. The minimum Gasteiger partial charge on any atom is -0.348 e. The number of carbonyl (C=O) groups is 1. The van der Waals surface area contributed by atoms with E-state index >= 15 is 0 Å². The van der Waals surface area contributed by atoms with Gasteiger partial charge in [0.1, 0.15) is 0 Å². The fourth-order valence-electron chi connectivity index (χ4n) is 3.69. The van der Waals surface area contributed by atoms with Gasteiger partial charge in [-0.2, -0.15) is 4.31 Å². The predicted octanol–water partition coefficient (Wildman–Crippen LogP) is 3.94. The van der Waals surface area contributed by atoms with Crippen LogP contribution in [0.3, 0.4) is 0 Å². The minimum absolute atomic E-state index is 0.181. The topological polar surface area (TPSA) is 66.5 Å². The average Bonchev–Trinajstić information content (AvgIpc) is 2.78. The highest BCUT2D eigenvalue weighted by molar-refractivity contribution is 7.89. The molecule has 3 aromatic rings. The number of benzene rings is 3. The van der Waals surface area contributed by atoms with Gasteiger partial charge in [0, 0.05) is 25.2 Å². The van der Waals surface area contributed by atoms with E-state index in [9.17, 15) is 13.2 Å². The number of hydrogen-bond donors (Lipinski definition) is 1. The van der Waals surface area contributed by atoms with Gasteiger partial charge < -0.3 is 5.32 Å². The molecule has 1 saturated heterocycles. The normalized spacial score (nSPS) is 15.3. The van der Waals surface area contributed by atoms with E-state index in [2.05, 4.69) is 5.32 Å². The highest BCUT2D eigenvalue weighted by Gasteiger charge is 2.25. The Bertz CT molecular complexity index is 1140. The van der Waals surface area contributed by atoms with Crippen LogP contribution in [-0.2, 0) is 16.6 Å². The molecule has 0 saturated carbocycles. The second-order valence-electron chi connectivity index (χ2n) is 7.36. The summed E-state index contributed by atoms with van der Waals surface area (Å²) in [6, 6.07) is 20.3. The van der Waals surface area contributed by atoms with Crippen LogP contribution in [0.5, 0.6) is 0 Å². The van der Waals surface area contributed by atoms with Gasteiger partial charge in [-0.25, -0.2) is 8.42 Å². The second kappa shape index (κ2) is 8.35. The maximum Gasteiger partial charge on any atom is 0.251 e. The smallest absolute Gasteiger partial charge is 0.251 e. The van der Waals surface area contributed by atoms with E-state index in [1.54, 1.807) is 28.6 Å². The van der Waals surface area contributed by atoms with Crippen molar-refractivity contribution in [3.05, 3.63) is 77.9 Å². The van der Waals surface area contributed by atoms with E-state index in [0.29, 0.717) is 18.7 Å². The fraction of sp³-hybridized carbons (Fsp3) is 0.261. The maximum absolute atomic E-state index is 12.9. The Morgan fingerprint density at radius 3 is 2.41 bits per heavy atom. The Morgan fingerprint density at radius 1 is 0.862 bits per heavy atom. The standard InChI is InChI=1S/C23H24N2O3S/c26-23(21-12-11-19-8-2-3-9-20(19)16-21)24-17-18-7-6-10-22(15-18)29(27,28)25-13-4-1-5-14-25/h2-3,6-12,15-16H,1,4-5,13-14,17H2,(H,24,26). The summed E-state index contributed by atoms with van der Waals surface area (Å²) in [5.41, 5.74) is 1.35. The van der Waals surface area contributed by atoms with E-state index in [0.717, 1.165) is 35.6 Å². The molecule has 4 rings (SSSR count). The van der Waals surface area contributed by atoms with Gasteiger partial charge in [0.2, 0.25) is 10.0 Å². The van der Waals surface area contributed by atoms with Crippen LogP contribution in [0.1, 0.15) is 35.2 Å². The van der Waals surface area contributed by atoms with Crippen molar-refractivity contribution >= 4 is 26.7 Å². The third-order valence-electron chi connectivity index (χ3n) is 5.32. The van der Waals surface area contributed by atoms with Gasteiger partial charge in [0.15, 0.2) is 0 Å². The molecular formula is C23H24N2O3S. The number of hydrogen-bond acceptors (Lipinski definition) is 3. The highest BCUT2D eigenvalue weighted by atomic mass is 32.2. The van der Waals surface area contributed by atoms with Crippen molar-refractivity contribution in [1.29, 1.82) is 0 Å². The molecule has 1 aliphatic heterocycles. The Balaban J connectivity index is 1.47. The number of nitrogens with zero attached hydrogens (tertiary/aromatic N) is 1. The first-order valence-corrected chi connectivity index (χ1v) is 11.3.